The number of carbonyl (C=O) groups excluding carboxylic acids is 1. The largest absolute Gasteiger partial charge is 0.469 e. The molecule has 1 aliphatic rings. The van der Waals surface area contributed by atoms with Crippen molar-refractivity contribution < 1.29 is 14.3 Å². The van der Waals surface area contributed by atoms with Crippen molar-refractivity contribution in [3.8, 4) is 0 Å². The van der Waals surface area contributed by atoms with E-state index in [9.17, 15) is 4.79 Å². The number of ether oxygens (including phenoxy) is 2. The Hall–Kier alpha value is -0.570. The Morgan fingerprint density at radius 2 is 2.15 bits per heavy atom. The van der Waals surface area contributed by atoms with Crippen LogP contribution in [0.3, 0.4) is 0 Å². The Kier molecular flexibility index (Phi) is 3.31. The first-order chi connectivity index (χ1) is 6.20. The average Bonchev–Trinajstić information content (AvgIpc) is 2.10. The Bertz CT molecular complexity index is 179. The van der Waals surface area contributed by atoms with E-state index in [1.807, 2.05) is 6.92 Å². The molecule has 1 heterocycles. The molecule has 1 atom stereocenters. The monoisotopic (exact) mass is 186 g/mol. The van der Waals surface area contributed by atoms with Crippen LogP contribution in [0.15, 0.2) is 0 Å². The maximum atomic E-state index is 11.5. The van der Waals surface area contributed by atoms with Crippen LogP contribution in [-0.2, 0) is 14.3 Å². The number of esters is 1. The zero-order chi connectivity index (χ0) is 9.90. The third-order valence-electron chi connectivity index (χ3n) is 3.12. The van der Waals surface area contributed by atoms with Crippen LogP contribution in [0.4, 0.5) is 0 Å². The molecule has 0 saturated carbocycles. The van der Waals surface area contributed by atoms with E-state index in [0.717, 1.165) is 12.8 Å². The molecule has 1 saturated heterocycles. The second kappa shape index (κ2) is 4.09. The summed E-state index contributed by atoms with van der Waals surface area (Å²) < 4.78 is 9.99. The van der Waals surface area contributed by atoms with Crippen LogP contribution in [0, 0.1) is 11.3 Å². The van der Waals surface area contributed by atoms with Crippen molar-refractivity contribution in [1.82, 2.24) is 0 Å². The van der Waals surface area contributed by atoms with Crippen LogP contribution in [0.5, 0.6) is 0 Å². The normalized spacial score (nSPS) is 21.8. The van der Waals surface area contributed by atoms with Crippen molar-refractivity contribution in [2.75, 3.05) is 20.3 Å². The lowest BCUT2D eigenvalue weighted by Crippen LogP contribution is -2.50. The van der Waals surface area contributed by atoms with E-state index < -0.39 is 0 Å². The fraction of sp³-hybridized carbons (Fsp3) is 0.900. The lowest BCUT2D eigenvalue weighted by atomic mass is 9.70. The van der Waals surface area contributed by atoms with Crippen LogP contribution in [-0.4, -0.2) is 26.3 Å². The highest BCUT2D eigenvalue weighted by molar-refractivity contribution is 5.73. The molecule has 0 spiro atoms. The SMILES string of the molecule is CCC(C(=O)OC)C1(CC)COC1. The fourth-order valence-corrected chi connectivity index (χ4v) is 2.01. The van der Waals surface area contributed by atoms with E-state index in [1.54, 1.807) is 0 Å². The van der Waals surface area contributed by atoms with Gasteiger partial charge in [0.1, 0.15) is 0 Å². The second-order valence-electron chi connectivity index (χ2n) is 3.69. The van der Waals surface area contributed by atoms with Crippen LogP contribution in [0.25, 0.3) is 0 Å². The predicted octanol–water partition coefficient (Wildman–Crippen LogP) is 1.61. The molecule has 0 aromatic heterocycles. The Morgan fingerprint density at radius 1 is 1.54 bits per heavy atom. The van der Waals surface area contributed by atoms with Crippen molar-refractivity contribution in [2.45, 2.75) is 26.7 Å². The van der Waals surface area contributed by atoms with E-state index in [-0.39, 0.29) is 17.3 Å². The van der Waals surface area contributed by atoms with Crippen molar-refractivity contribution >= 4 is 5.97 Å². The minimum Gasteiger partial charge on any atom is -0.469 e. The number of hydrogen-bond acceptors (Lipinski definition) is 3. The Morgan fingerprint density at radius 3 is 2.38 bits per heavy atom. The van der Waals surface area contributed by atoms with Gasteiger partial charge in [0, 0.05) is 5.41 Å². The molecule has 1 rings (SSSR count). The number of hydrogen-bond donors (Lipinski definition) is 0. The van der Waals surface area contributed by atoms with Gasteiger partial charge in [-0.2, -0.15) is 0 Å². The Labute approximate surface area is 79.4 Å². The molecule has 0 aromatic rings. The molecule has 76 valence electrons. The van der Waals surface area contributed by atoms with Crippen molar-refractivity contribution in [2.24, 2.45) is 11.3 Å². The van der Waals surface area contributed by atoms with E-state index in [1.165, 1.54) is 7.11 Å². The van der Waals surface area contributed by atoms with Gasteiger partial charge in [0.15, 0.2) is 0 Å². The first-order valence-corrected chi connectivity index (χ1v) is 4.85. The summed E-state index contributed by atoms with van der Waals surface area (Å²) in [6.07, 6.45) is 1.82. The second-order valence-corrected chi connectivity index (χ2v) is 3.69. The van der Waals surface area contributed by atoms with Gasteiger partial charge < -0.3 is 9.47 Å². The minimum absolute atomic E-state index is 0.0104. The van der Waals surface area contributed by atoms with Crippen LogP contribution < -0.4 is 0 Å². The molecule has 0 N–H and O–H groups in total. The van der Waals surface area contributed by atoms with Crippen LogP contribution >= 0.6 is 0 Å². The summed E-state index contributed by atoms with van der Waals surface area (Å²) in [4.78, 5) is 11.5. The molecule has 0 amide bonds. The molecule has 1 unspecified atom stereocenters. The summed E-state index contributed by atoms with van der Waals surface area (Å²) >= 11 is 0. The molecule has 0 aliphatic carbocycles. The zero-order valence-electron chi connectivity index (χ0n) is 8.63. The Balaban J connectivity index is 2.68. The quantitative estimate of drug-likeness (QED) is 0.626. The van der Waals surface area contributed by atoms with Gasteiger partial charge in [-0.15, -0.1) is 0 Å². The minimum atomic E-state index is -0.0901. The number of rotatable bonds is 4. The van der Waals surface area contributed by atoms with Gasteiger partial charge in [0.25, 0.3) is 0 Å². The molecule has 3 heteroatoms. The highest BCUT2D eigenvalue weighted by Crippen LogP contribution is 2.41. The van der Waals surface area contributed by atoms with E-state index in [0.29, 0.717) is 13.2 Å². The summed E-state index contributed by atoms with van der Waals surface area (Å²) in [6, 6.07) is 0. The van der Waals surface area contributed by atoms with Crippen molar-refractivity contribution in [1.29, 1.82) is 0 Å². The molecular weight excluding hydrogens is 168 g/mol. The standard InChI is InChI=1S/C10H18O3/c1-4-8(9(11)12-3)10(5-2)6-13-7-10/h8H,4-7H2,1-3H3. The highest BCUT2D eigenvalue weighted by Gasteiger charge is 2.47. The van der Waals surface area contributed by atoms with Crippen molar-refractivity contribution in [3.63, 3.8) is 0 Å². The van der Waals surface area contributed by atoms with Gasteiger partial charge in [0.2, 0.25) is 0 Å². The predicted molar refractivity (Wildman–Crippen MR) is 49.3 cm³/mol. The van der Waals surface area contributed by atoms with Gasteiger partial charge in [-0.1, -0.05) is 13.8 Å². The molecule has 0 bridgehead atoms. The fourth-order valence-electron chi connectivity index (χ4n) is 2.01. The maximum Gasteiger partial charge on any atom is 0.309 e. The summed E-state index contributed by atoms with van der Waals surface area (Å²) in [7, 11) is 1.45. The summed E-state index contributed by atoms with van der Waals surface area (Å²) in [6.45, 7) is 5.54. The summed E-state index contributed by atoms with van der Waals surface area (Å²) in [5, 5.41) is 0. The molecule has 13 heavy (non-hydrogen) atoms. The van der Waals surface area contributed by atoms with Gasteiger partial charge in [-0.3, -0.25) is 4.79 Å². The lowest BCUT2D eigenvalue weighted by molar-refractivity contribution is -0.179. The van der Waals surface area contributed by atoms with E-state index in [2.05, 4.69) is 6.92 Å². The molecule has 1 fully saturated rings. The smallest absolute Gasteiger partial charge is 0.309 e. The molecular formula is C10H18O3. The van der Waals surface area contributed by atoms with Gasteiger partial charge >= 0.3 is 5.97 Å². The van der Waals surface area contributed by atoms with Gasteiger partial charge in [-0.25, -0.2) is 0 Å². The number of methoxy groups -OCH3 is 1. The topological polar surface area (TPSA) is 35.5 Å². The highest BCUT2D eigenvalue weighted by atomic mass is 16.5. The zero-order valence-corrected chi connectivity index (χ0v) is 8.63. The molecule has 3 nitrogen and oxygen atoms in total. The first kappa shape index (κ1) is 10.5. The van der Waals surface area contributed by atoms with Crippen LogP contribution in [0.1, 0.15) is 26.7 Å². The summed E-state index contributed by atoms with van der Waals surface area (Å²) in [5.74, 6) is -0.0797. The molecule has 1 aliphatic heterocycles. The number of carbonyl (C=O) groups is 1. The van der Waals surface area contributed by atoms with Crippen LogP contribution in [0.2, 0.25) is 0 Å². The third-order valence-corrected chi connectivity index (χ3v) is 3.12. The summed E-state index contributed by atoms with van der Waals surface area (Å²) in [5.41, 5.74) is 0.0574. The first-order valence-electron chi connectivity index (χ1n) is 4.85. The van der Waals surface area contributed by atoms with Gasteiger partial charge in [0.05, 0.1) is 26.2 Å². The molecule has 0 aromatic carbocycles. The van der Waals surface area contributed by atoms with E-state index >= 15 is 0 Å². The molecule has 0 radical (unpaired) electrons. The third kappa shape index (κ3) is 1.70. The van der Waals surface area contributed by atoms with E-state index in [4.69, 9.17) is 9.47 Å². The van der Waals surface area contributed by atoms with Crippen molar-refractivity contribution in [3.05, 3.63) is 0 Å². The lowest BCUT2D eigenvalue weighted by Gasteiger charge is -2.45. The maximum absolute atomic E-state index is 11.5. The average molecular weight is 186 g/mol. The van der Waals surface area contributed by atoms with Gasteiger partial charge in [-0.05, 0) is 12.8 Å².